The fourth-order valence-corrected chi connectivity index (χ4v) is 2.79. The van der Waals surface area contributed by atoms with Crippen LogP contribution in [0, 0.1) is 0 Å². The quantitative estimate of drug-likeness (QED) is 0.889. The summed E-state index contributed by atoms with van der Waals surface area (Å²) in [5.41, 5.74) is -0.426. The van der Waals surface area contributed by atoms with Gasteiger partial charge in [0.25, 0.3) is 5.56 Å². The van der Waals surface area contributed by atoms with Crippen LogP contribution in [0.25, 0.3) is 0 Å². The third-order valence-electron chi connectivity index (χ3n) is 3.90. The van der Waals surface area contributed by atoms with Crippen molar-refractivity contribution in [1.29, 1.82) is 0 Å². The Morgan fingerprint density at radius 3 is 2.81 bits per heavy atom. The standard InChI is InChI=1S/C15H23N3O3/c1-4-17-10-11(7-8-13(17)19)16-14(20)18-9-5-6-12(18)15(2,3)21/h7-8,10,12,21H,4-6,9H2,1-3H3,(H,16,20). The minimum absolute atomic E-state index is 0.0916. The van der Waals surface area contributed by atoms with E-state index in [1.807, 2.05) is 6.92 Å². The molecule has 1 aliphatic heterocycles. The molecule has 2 amide bonds. The van der Waals surface area contributed by atoms with Crippen LogP contribution in [0.1, 0.15) is 33.6 Å². The summed E-state index contributed by atoms with van der Waals surface area (Å²) in [4.78, 5) is 25.6. The highest BCUT2D eigenvalue weighted by molar-refractivity contribution is 5.89. The number of nitrogens with one attached hydrogen (secondary N) is 1. The fourth-order valence-electron chi connectivity index (χ4n) is 2.79. The van der Waals surface area contributed by atoms with Gasteiger partial charge < -0.3 is 19.9 Å². The molecule has 116 valence electrons. The maximum absolute atomic E-state index is 12.4. The van der Waals surface area contributed by atoms with E-state index in [1.54, 1.807) is 31.0 Å². The lowest BCUT2D eigenvalue weighted by Crippen LogP contribution is -2.49. The molecule has 0 aromatic carbocycles. The molecule has 0 aliphatic carbocycles. The van der Waals surface area contributed by atoms with Gasteiger partial charge in [0, 0.05) is 25.4 Å². The van der Waals surface area contributed by atoms with Crippen molar-refractivity contribution in [2.45, 2.75) is 51.8 Å². The zero-order valence-electron chi connectivity index (χ0n) is 12.8. The molecule has 1 unspecified atom stereocenters. The number of aryl methyl sites for hydroxylation is 1. The number of carbonyl (C=O) groups is 1. The summed E-state index contributed by atoms with van der Waals surface area (Å²) in [6.07, 6.45) is 3.32. The Kier molecular flexibility index (Phi) is 4.37. The Morgan fingerprint density at radius 1 is 1.48 bits per heavy atom. The number of hydrogen-bond donors (Lipinski definition) is 2. The summed E-state index contributed by atoms with van der Waals surface area (Å²) in [6.45, 7) is 6.51. The van der Waals surface area contributed by atoms with Gasteiger partial charge in [-0.3, -0.25) is 4.79 Å². The molecule has 2 heterocycles. The summed E-state index contributed by atoms with van der Waals surface area (Å²) in [5, 5.41) is 13.0. The maximum atomic E-state index is 12.4. The van der Waals surface area contributed by atoms with Gasteiger partial charge in [0.1, 0.15) is 0 Å². The predicted octanol–water partition coefficient (Wildman–Crippen LogP) is 1.64. The average Bonchev–Trinajstić information content (AvgIpc) is 2.90. The van der Waals surface area contributed by atoms with Crippen molar-refractivity contribution in [2.24, 2.45) is 0 Å². The highest BCUT2D eigenvalue weighted by Gasteiger charge is 2.38. The molecule has 1 aromatic heterocycles. The van der Waals surface area contributed by atoms with Crippen LogP contribution >= 0.6 is 0 Å². The van der Waals surface area contributed by atoms with Gasteiger partial charge in [-0.05, 0) is 39.7 Å². The van der Waals surface area contributed by atoms with Crippen molar-refractivity contribution >= 4 is 11.7 Å². The third-order valence-corrected chi connectivity index (χ3v) is 3.90. The highest BCUT2D eigenvalue weighted by atomic mass is 16.3. The van der Waals surface area contributed by atoms with E-state index < -0.39 is 5.60 Å². The molecule has 1 aromatic rings. The van der Waals surface area contributed by atoms with Crippen LogP contribution in [0.5, 0.6) is 0 Å². The van der Waals surface area contributed by atoms with Gasteiger partial charge in [0.2, 0.25) is 0 Å². The summed E-state index contributed by atoms with van der Waals surface area (Å²) in [7, 11) is 0. The number of pyridine rings is 1. The van der Waals surface area contributed by atoms with Crippen LogP contribution in [0.2, 0.25) is 0 Å². The first kappa shape index (κ1) is 15.6. The summed E-state index contributed by atoms with van der Waals surface area (Å²) in [6, 6.07) is 2.62. The highest BCUT2D eigenvalue weighted by Crippen LogP contribution is 2.27. The number of aromatic nitrogens is 1. The van der Waals surface area contributed by atoms with E-state index in [0.29, 0.717) is 18.8 Å². The van der Waals surface area contributed by atoms with Crippen molar-refractivity contribution in [2.75, 3.05) is 11.9 Å². The van der Waals surface area contributed by atoms with Crippen molar-refractivity contribution in [3.63, 3.8) is 0 Å². The lowest BCUT2D eigenvalue weighted by Gasteiger charge is -2.33. The monoisotopic (exact) mass is 293 g/mol. The zero-order chi connectivity index (χ0) is 15.6. The van der Waals surface area contributed by atoms with Gasteiger partial charge in [-0.25, -0.2) is 4.79 Å². The number of nitrogens with zero attached hydrogens (tertiary/aromatic N) is 2. The van der Waals surface area contributed by atoms with Crippen LogP contribution in [0.3, 0.4) is 0 Å². The number of amides is 2. The molecule has 6 heteroatoms. The number of carbonyl (C=O) groups excluding carboxylic acids is 1. The smallest absolute Gasteiger partial charge is 0.322 e. The van der Waals surface area contributed by atoms with Crippen LogP contribution in [-0.2, 0) is 6.54 Å². The Morgan fingerprint density at radius 2 is 2.19 bits per heavy atom. The van der Waals surface area contributed by atoms with Gasteiger partial charge in [-0.2, -0.15) is 0 Å². The predicted molar refractivity (Wildman–Crippen MR) is 81.4 cm³/mol. The molecule has 0 bridgehead atoms. The molecule has 1 aliphatic rings. The van der Waals surface area contributed by atoms with Crippen molar-refractivity contribution < 1.29 is 9.90 Å². The number of urea groups is 1. The third kappa shape index (κ3) is 3.44. The SMILES string of the molecule is CCn1cc(NC(=O)N2CCCC2C(C)(C)O)ccc1=O. The number of aliphatic hydroxyl groups is 1. The fraction of sp³-hybridized carbons (Fsp3) is 0.600. The molecule has 0 spiro atoms. The first-order chi connectivity index (χ1) is 9.82. The summed E-state index contributed by atoms with van der Waals surface area (Å²) < 4.78 is 1.53. The lowest BCUT2D eigenvalue weighted by atomic mass is 9.97. The Balaban J connectivity index is 2.13. The Labute approximate surface area is 124 Å². The molecule has 0 radical (unpaired) electrons. The summed E-state index contributed by atoms with van der Waals surface area (Å²) in [5.74, 6) is 0. The molecule has 2 N–H and O–H groups in total. The number of hydrogen-bond acceptors (Lipinski definition) is 3. The van der Waals surface area contributed by atoms with E-state index in [1.165, 1.54) is 10.6 Å². The Bertz CT molecular complexity index is 574. The molecule has 2 rings (SSSR count). The number of rotatable bonds is 3. The zero-order valence-corrected chi connectivity index (χ0v) is 12.8. The summed E-state index contributed by atoms with van der Waals surface area (Å²) >= 11 is 0. The molecule has 0 saturated carbocycles. The topological polar surface area (TPSA) is 74.6 Å². The Hall–Kier alpha value is -1.82. The normalized spacial score (nSPS) is 18.9. The van der Waals surface area contributed by atoms with E-state index in [0.717, 1.165) is 12.8 Å². The van der Waals surface area contributed by atoms with Gasteiger partial charge in [0.05, 0.1) is 17.3 Å². The lowest BCUT2D eigenvalue weighted by molar-refractivity contribution is 0.0117. The first-order valence-electron chi connectivity index (χ1n) is 7.33. The minimum Gasteiger partial charge on any atom is -0.388 e. The maximum Gasteiger partial charge on any atom is 0.322 e. The van der Waals surface area contributed by atoms with Crippen LogP contribution in [-0.4, -0.2) is 38.8 Å². The number of likely N-dealkylation sites (tertiary alicyclic amines) is 1. The first-order valence-corrected chi connectivity index (χ1v) is 7.33. The second-order valence-electron chi connectivity index (χ2n) is 5.98. The molecule has 1 saturated heterocycles. The van der Waals surface area contributed by atoms with Crippen molar-refractivity contribution in [3.05, 3.63) is 28.7 Å². The second kappa shape index (κ2) is 5.89. The van der Waals surface area contributed by atoms with E-state index in [4.69, 9.17) is 0 Å². The van der Waals surface area contributed by atoms with E-state index in [2.05, 4.69) is 5.32 Å². The van der Waals surface area contributed by atoms with Gasteiger partial charge >= 0.3 is 6.03 Å². The van der Waals surface area contributed by atoms with E-state index >= 15 is 0 Å². The molecular weight excluding hydrogens is 270 g/mol. The molecule has 1 atom stereocenters. The largest absolute Gasteiger partial charge is 0.388 e. The molecule has 6 nitrogen and oxygen atoms in total. The minimum atomic E-state index is -0.921. The average molecular weight is 293 g/mol. The van der Waals surface area contributed by atoms with Crippen molar-refractivity contribution in [3.8, 4) is 0 Å². The van der Waals surface area contributed by atoms with Crippen LogP contribution < -0.4 is 10.9 Å². The van der Waals surface area contributed by atoms with Gasteiger partial charge in [0.15, 0.2) is 0 Å². The van der Waals surface area contributed by atoms with E-state index in [9.17, 15) is 14.7 Å². The van der Waals surface area contributed by atoms with Crippen LogP contribution in [0.4, 0.5) is 10.5 Å². The molecular formula is C15H23N3O3. The van der Waals surface area contributed by atoms with Gasteiger partial charge in [-0.1, -0.05) is 0 Å². The molecule has 21 heavy (non-hydrogen) atoms. The van der Waals surface area contributed by atoms with Crippen molar-refractivity contribution in [1.82, 2.24) is 9.47 Å². The molecule has 1 fully saturated rings. The van der Waals surface area contributed by atoms with E-state index in [-0.39, 0.29) is 17.6 Å². The van der Waals surface area contributed by atoms with Gasteiger partial charge in [-0.15, -0.1) is 0 Å². The number of anilines is 1. The van der Waals surface area contributed by atoms with Crippen LogP contribution in [0.15, 0.2) is 23.1 Å². The second-order valence-corrected chi connectivity index (χ2v) is 5.98.